The fraction of sp³-hybridized carbons (Fsp3) is 0.857. The quantitative estimate of drug-likeness (QED) is 0.494. The van der Waals surface area contributed by atoms with Crippen molar-refractivity contribution in [2.24, 2.45) is 0 Å². The molecule has 1 aliphatic rings. The monoisotopic (exact) mass is 157 g/mol. The lowest BCUT2D eigenvalue weighted by Crippen LogP contribution is -2.55. The smallest absolute Gasteiger partial charge is 0.240 e. The maximum atomic E-state index is 11.3. The molecule has 0 aromatic carbocycles. The first kappa shape index (κ1) is 8.49. The molecule has 1 atom stereocenters. The van der Waals surface area contributed by atoms with Gasteiger partial charge in [-0.15, -0.1) is 0 Å². The van der Waals surface area contributed by atoms with Crippen LogP contribution in [0.15, 0.2) is 0 Å². The Morgan fingerprint density at radius 2 is 2.18 bits per heavy atom. The summed E-state index contributed by atoms with van der Waals surface area (Å²) >= 11 is 0. The van der Waals surface area contributed by atoms with Gasteiger partial charge in [0.25, 0.3) is 0 Å². The molecule has 0 aromatic heterocycles. The van der Waals surface area contributed by atoms with Crippen LogP contribution in [0.5, 0.6) is 0 Å². The third kappa shape index (κ3) is 2.17. The minimum absolute atomic E-state index is 0.0289. The van der Waals surface area contributed by atoms with E-state index in [1.54, 1.807) is 19.0 Å². The Morgan fingerprint density at radius 3 is 2.64 bits per heavy atom. The highest BCUT2D eigenvalue weighted by atomic mass is 16.2. The summed E-state index contributed by atoms with van der Waals surface area (Å²) in [7, 11) is 3.55. The van der Waals surface area contributed by atoms with Gasteiger partial charge in [0.05, 0.1) is 6.04 Å². The first-order valence-corrected chi connectivity index (χ1v) is 3.87. The highest BCUT2D eigenvalue weighted by molar-refractivity contribution is 5.81. The lowest BCUT2D eigenvalue weighted by atomic mass is 10.2. The van der Waals surface area contributed by atoms with Crippen LogP contribution in [0, 0.1) is 0 Å². The number of likely N-dealkylation sites (N-methyl/N-ethyl adjacent to an activating group) is 1. The van der Waals surface area contributed by atoms with Crippen LogP contribution in [0.25, 0.3) is 0 Å². The van der Waals surface area contributed by atoms with Gasteiger partial charge in [0.15, 0.2) is 0 Å². The number of nitrogens with zero attached hydrogens (tertiary/aromatic N) is 1. The summed E-state index contributed by atoms with van der Waals surface area (Å²) in [5.74, 6) is 0.150. The van der Waals surface area contributed by atoms with E-state index in [2.05, 4.69) is 10.6 Å². The minimum Gasteiger partial charge on any atom is -0.347 e. The third-order valence-electron chi connectivity index (χ3n) is 1.78. The van der Waals surface area contributed by atoms with E-state index in [0.29, 0.717) is 0 Å². The molecule has 1 unspecified atom stereocenters. The minimum atomic E-state index is -0.0289. The zero-order chi connectivity index (χ0) is 8.27. The van der Waals surface area contributed by atoms with Crippen LogP contribution in [0.3, 0.4) is 0 Å². The molecule has 0 aromatic rings. The summed E-state index contributed by atoms with van der Waals surface area (Å²) in [6.07, 6.45) is 0. The fourth-order valence-electron chi connectivity index (χ4n) is 1.14. The van der Waals surface area contributed by atoms with Crippen molar-refractivity contribution in [2.45, 2.75) is 6.04 Å². The average Bonchev–Trinajstić information content (AvgIpc) is 2.05. The van der Waals surface area contributed by atoms with Gasteiger partial charge < -0.3 is 15.5 Å². The second kappa shape index (κ2) is 3.69. The molecule has 4 heteroatoms. The van der Waals surface area contributed by atoms with Gasteiger partial charge in [0, 0.05) is 33.7 Å². The van der Waals surface area contributed by atoms with Gasteiger partial charge in [-0.1, -0.05) is 0 Å². The number of carbonyl (C=O) groups is 1. The summed E-state index contributed by atoms with van der Waals surface area (Å²) in [6, 6.07) is -0.0289. The molecule has 1 amide bonds. The molecular formula is C7H15N3O. The van der Waals surface area contributed by atoms with Crippen molar-refractivity contribution in [1.82, 2.24) is 15.5 Å². The Kier molecular flexibility index (Phi) is 2.84. The van der Waals surface area contributed by atoms with Crippen LogP contribution in [0.1, 0.15) is 0 Å². The third-order valence-corrected chi connectivity index (χ3v) is 1.78. The first-order valence-electron chi connectivity index (χ1n) is 3.87. The summed E-state index contributed by atoms with van der Waals surface area (Å²) in [4.78, 5) is 12.9. The predicted octanol–water partition coefficient (Wildman–Crippen LogP) is -1.36. The van der Waals surface area contributed by atoms with Gasteiger partial charge in [-0.2, -0.15) is 0 Å². The van der Waals surface area contributed by atoms with Crippen molar-refractivity contribution >= 4 is 5.91 Å². The zero-order valence-electron chi connectivity index (χ0n) is 7.05. The number of carbonyl (C=O) groups excluding carboxylic acids is 1. The van der Waals surface area contributed by atoms with E-state index in [0.717, 1.165) is 19.6 Å². The van der Waals surface area contributed by atoms with Gasteiger partial charge in [0.2, 0.25) is 5.91 Å². The standard InChI is InChI=1S/C7H15N3O/c1-10(2)7(11)6-5-8-3-4-9-6/h6,8-9H,3-5H2,1-2H3. The lowest BCUT2D eigenvalue weighted by molar-refractivity contribution is -0.131. The van der Waals surface area contributed by atoms with Crippen LogP contribution in [0.2, 0.25) is 0 Å². The molecule has 1 fully saturated rings. The molecule has 64 valence electrons. The van der Waals surface area contributed by atoms with Crippen molar-refractivity contribution < 1.29 is 4.79 Å². The Hall–Kier alpha value is -0.610. The van der Waals surface area contributed by atoms with E-state index in [1.807, 2.05) is 0 Å². The van der Waals surface area contributed by atoms with Gasteiger partial charge >= 0.3 is 0 Å². The highest BCUT2D eigenvalue weighted by Gasteiger charge is 2.20. The number of nitrogens with one attached hydrogen (secondary N) is 2. The topological polar surface area (TPSA) is 44.4 Å². The van der Waals surface area contributed by atoms with E-state index >= 15 is 0 Å². The maximum absolute atomic E-state index is 11.3. The van der Waals surface area contributed by atoms with Gasteiger partial charge in [-0.05, 0) is 0 Å². The van der Waals surface area contributed by atoms with Crippen LogP contribution in [0.4, 0.5) is 0 Å². The normalized spacial score (nSPS) is 24.7. The summed E-state index contributed by atoms with van der Waals surface area (Å²) in [6.45, 7) is 2.58. The molecule has 1 rings (SSSR count). The second-order valence-corrected chi connectivity index (χ2v) is 2.94. The van der Waals surface area contributed by atoms with Crippen LogP contribution in [-0.4, -0.2) is 50.6 Å². The van der Waals surface area contributed by atoms with E-state index in [4.69, 9.17) is 0 Å². The average molecular weight is 157 g/mol. The van der Waals surface area contributed by atoms with E-state index in [9.17, 15) is 4.79 Å². The van der Waals surface area contributed by atoms with E-state index in [-0.39, 0.29) is 11.9 Å². The summed E-state index contributed by atoms with van der Waals surface area (Å²) in [5, 5.41) is 6.31. The van der Waals surface area contributed by atoms with E-state index < -0.39 is 0 Å². The van der Waals surface area contributed by atoms with E-state index in [1.165, 1.54) is 0 Å². The molecule has 11 heavy (non-hydrogen) atoms. The van der Waals surface area contributed by atoms with Gasteiger partial charge in [0.1, 0.15) is 0 Å². The predicted molar refractivity (Wildman–Crippen MR) is 43.4 cm³/mol. The lowest BCUT2D eigenvalue weighted by Gasteiger charge is -2.25. The Balaban J connectivity index is 2.39. The highest BCUT2D eigenvalue weighted by Crippen LogP contribution is 1.91. The fourth-order valence-corrected chi connectivity index (χ4v) is 1.14. The molecule has 1 aliphatic heterocycles. The van der Waals surface area contributed by atoms with Crippen molar-refractivity contribution in [3.63, 3.8) is 0 Å². The molecule has 1 saturated heterocycles. The molecule has 0 saturated carbocycles. The number of amides is 1. The molecule has 0 aliphatic carbocycles. The van der Waals surface area contributed by atoms with Crippen molar-refractivity contribution in [3.05, 3.63) is 0 Å². The molecular weight excluding hydrogens is 142 g/mol. The molecule has 4 nitrogen and oxygen atoms in total. The second-order valence-electron chi connectivity index (χ2n) is 2.94. The molecule has 0 radical (unpaired) electrons. The SMILES string of the molecule is CN(C)C(=O)C1CNCCN1. The van der Waals surface area contributed by atoms with Crippen LogP contribution < -0.4 is 10.6 Å². The Bertz CT molecular complexity index is 141. The number of piperazine rings is 1. The molecule has 0 bridgehead atoms. The van der Waals surface area contributed by atoms with Crippen molar-refractivity contribution in [3.8, 4) is 0 Å². The summed E-state index contributed by atoms with van der Waals surface area (Å²) < 4.78 is 0. The first-order chi connectivity index (χ1) is 5.22. The maximum Gasteiger partial charge on any atom is 0.240 e. The number of hydrogen-bond acceptors (Lipinski definition) is 3. The van der Waals surface area contributed by atoms with Gasteiger partial charge in [-0.3, -0.25) is 4.79 Å². The van der Waals surface area contributed by atoms with Crippen molar-refractivity contribution in [2.75, 3.05) is 33.7 Å². The van der Waals surface area contributed by atoms with Crippen LogP contribution >= 0.6 is 0 Å². The van der Waals surface area contributed by atoms with Crippen LogP contribution in [-0.2, 0) is 4.79 Å². The Morgan fingerprint density at radius 1 is 1.45 bits per heavy atom. The molecule has 2 N–H and O–H groups in total. The summed E-state index contributed by atoms with van der Waals surface area (Å²) in [5.41, 5.74) is 0. The van der Waals surface area contributed by atoms with Gasteiger partial charge in [-0.25, -0.2) is 0 Å². The number of hydrogen-bond donors (Lipinski definition) is 2. The zero-order valence-corrected chi connectivity index (χ0v) is 7.05. The number of rotatable bonds is 1. The molecule has 1 heterocycles. The Labute approximate surface area is 66.9 Å². The largest absolute Gasteiger partial charge is 0.347 e. The van der Waals surface area contributed by atoms with Crippen molar-refractivity contribution in [1.29, 1.82) is 0 Å². The molecule has 0 spiro atoms.